The standard InChI is InChI=1S/C24H27N11O/c1-14-12-34(9-8-25-14)21-10-16(6-7-26-21)22-18-11-17(4-5-20(18)28-29-22)27-23(36)19-13-35-24(30-31-32-35)33(3)15(19)2/h4-7,10-11,14,25H,8-9,12-13H2,1-3H3,(H,27,36)(H,28,29)/t14-/m1/s1. The van der Waals surface area contributed by atoms with E-state index < -0.39 is 0 Å². The molecule has 0 saturated carbocycles. The lowest BCUT2D eigenvalue weighted by molar-refractivity contribution is -0.113. The van der Waals surface area contributed by atoms with Crippen LogP contribution < -0.4 is 20.4 Å². The Balaban J connectivity index is 1.28. The Morgan fingerprint density at radius 3 is 2.97 bits per heavy atom. The van der Waals surface area contributed by atoms with Gasteiger partial charge < -0.3 is 20.4 Å². The summed E-state index contributed by atoms with van der Waals surface area (Å²) < 4.78 is 1.61. The number of anilines is 3. The van der Waals surface area contributed by atoms with Crippen molar-refractivity contribution in [2.75, 3.05) is 41.8 Å². The first-order valence-corrected chi connectivity index (χ1v) is 11.9. The highest BCUT2D eigenvalue weighted by Gasteiger charge is 2.26. The van der Waals surface area contributed by atoms with E-state index in [1.165, 1.54) is 0 Å². The molecule has 1 atom stereocenters. The summed E-state index contributed by atoms with van der Waals surface area (Å²) in [5.74, 6) is 1.36. The molecule has 3 N–H and O–H groups in total. The van der Waals surface area contributed by atoms with Gasteiger partial charge in [0.15, 0.2) is 0 Å². The van der Waals surface area contributed by atoms with Gasteiger partial charge in [-0.15, -0.1) is 0 Å². The van der Waals surface area contributed by atoms with Crippen LogP contribution in [0.3, 0.4) is 0 Å². The minimum atomic E-state index is -0.191. The molecule has 184 valence electrons. The van der Waals surface area contributed by atoms with Gasteiger partial charge in [-0.05, 0) is 54.6 Å². The second kappa shape index (κ2) is 8.72. The predicted octanol–water partition coefficient (Wildman–Crippen LogP) is 1.77. The number of rotatable bonds is 4. The highest BCUT2D eigenvalue weighted by atomic mass is 16.1. The van der Waals surface area contributed by atoms with Crippen LogP contribution in [0.2, 0.25) is 0 Å². The van der Waals surface area contributed by atoms with Crippen LogP contribution >= 0.6 is 0 Å². The number of carbonyl (C=O) groups excluding carboxylic acids is 1. The maximum atomic E-state index is 13.2. The van der Waals surface area contributed by atoms with Gasteiger partial charge in [0.2, 0.25) is 5.95 Å². The van der Waals surface area contributed by atoms with Crippen molar-refractivity contribution in [1.29, 1.82) is 0 Å². The highest BCUT2D eigenvalue weighted by molar-refractivity contribution is 6.06. The molecule has 4 aromatic rings. The Morgan fingerprint density at radius 2 is 2.11 bits per heavy atom. The van der Waals surface area contributed by atoms with Crippen molar-refractivity contribution in [3.8, 4) is 11.3 Å². The molecule has 2 aliphatic heterocycles. The minimum Gasteiger partial charge on any atom is -0.354 e. The summed E-state index contributed by atoms with van der Waals surface area (Å²) >= 11 is 0. The van der Waals surface area contributed by atoms with Crippen LogP contribution in [0.4, 0.5) is 17.5 Å². The van der Waals surface area contributed by atoms with Crippen molar-refractivity contribution in [3.63, 3.8) is 0 Å². The van der Waals surface area contributed by atoms with Crippen LogP contribution in [0, 0.1) is 0 Å². The van der Waals surface area contributed by atoms with E-state index in [0.717, 1.165) is 53.3 Å². The number of aromatic amines is 1. The fraction of sp³-hybridized carbons (Fsp3) is 0.333. The summed E-state index contributed by atoms with van der Waals surface area (Å²) in [6.07, 6.45) is 1.82. The zero-order chi connectivity index (χ0) is 24.8. The third kappa shape index (κ3) is 3.85. The fourth-order valence-corrected chi connectivity index (χ4v) is 4.79. The zero-order valence-corrected chi connectivity index (χ0v) is 20.4. The lowest BCUT2D eigenvalue weighted by Gasteiger charge is -2.32. The van der Waals surface area contributed by atoms with Gasteiger partial charge in [-0.1, -0.05) is 5.10 Å². The molecule has 1 amide bonds. The Kier molecular flexibility index (Phi) is 5.37. The molecule has 1 fully saturated rings. The van der Waals surface area contributed by atoms with Gasteiger partial charge in [-0.3, -0.25) is 9.89 Å². The predicted molar refractivity (Wildman–Crippen MR) is 137 cm³/mol. The summed E-state index contributed by atoms with van der Waals surface area (Å²) in [5, 5.41) is 26.8. The molecule has 0 bridgehead atoms. The number of amides is 1. The molecule has 0 spiro atoms. The molecule has 3 aromatic heterocycles. The van der Waals surface area contributed by atoms with Gasteiger partial charge >= 0.3 is 0 Å². The average Bonchev–Trinajstić information content (AvgIpc) is 3.53. The van der Waals surface area contributed by atoms with Gasteiger partial charge in [-0.2, -0.15) is 5.10 Å². The Bertz CT molecular complexity index is 1490. The van der Waals surface area contributed by atoms with E-state index in [9.17, 15) is 4.79 Å². The van der Waals surface area contributed by atoms with Crippen molar-refractivity contribution < 1.29 is 4.79 Å². The van der Waals surface area contributed by atoms with Crippen LogP contribution in [0.15, 0.2) is 47.8 Å². The first kappa shape index (κ1) is 22.2. The number of carbonyl (C=O) groups is 1. The van der Waals surface area contributed by atoms with Crippen LogP contribution in [0.5, 0.6) is 0 Å². The van der Waals surface area contributed by atoms with Gasteiger partial charge in [0.1, 0.15) is 11.5 Å². The molecule has 1 aromatic carbocycles. The number of hydrogen-bond donors (Lipinski definition) is 3. The number of nitrogens with zero attached hydrogens (tertiary/aromatic N) is 8. The Hall–Kier alpha value is -4.32. The Labute approximate surface area is 207 Å². The molecule has 12 heteroatoms. The van der Waals surface area contributed by atoms with E-state index in [0.29, 0.717) is 29.8 Å². The Morgan fingerprint density at radius 1 is 1.22 bits per heavy atom. The summed E-state index contributed by atoms with van der Waals surface area (Å²) in [6, 6.07) is 10.2. The number of tetrazole rings is 1. The molecule has 12 nitrogen and oxygen atoms in total. The van der Waals surface area contributed by atoms with Crippen molar-refractivity contribution in [2.24, 2.45) is 0 Å². The smallest absolute Gasteiger partial charge is 0.255 e. The number of nitrogens with one attached hydrogen (secondary N) is 3. The second-order valence-corrected chi connectivity index (χ2v) is 9.25. The van der Waals surface area contributed by atoms with E-state index in [4.69, 9.17) is 0 Å². The molecule has 0 radical (unpaired) electrons. The molecule has 5 heterocycles. The lowest BCUT2D eigenvalue weighted by Crippen LogP contribution is -2.49. The third-order valence-corrected chi connectivity index (χ3v) is 6.87. The quantitative estimate of drug-likeness (QED) is 0.395. The summed E-state index contributed by atoms with van der Waals surface area (Å²) in [7, 11) is 1.85. The number of H-pyrrole nitrogens is 1. The zero-order valence-electron chi connectivity index (χ0n) is 20.4. The number of benzene rings is 1. The minimum absolute atomic E-state index is 0.191. The SMILES string of the molecule is CC1=C(C(=O)Nc2ccc3[nH]nc(-c4ccnc(N5CCN[C@H](C)C5)c4)c3c2)Cn2nnnc2N1C. The van der Waals surface area contributed by atoms with Crippen molar-refractivity contribution >= 4 is 34.3 Å². The molecule has 1 saturated heterocycles. The molecule has 2 aliphatic rings. The summed E-state index contributed by atoms with van der Waals surface area (Å²) in [4.78, 5) is 21.9. The van der Waals surface area contributed by atoms with Crippen LogP contribution in [-0.2, 0) is 11.3 Å². The fourth-order valence-electron chi connectivity index (χ4n) is 4.79. The number of allylic oxidation sites excluding steroid dienone is 1. The maximum Gasteiger partial charge on any atom is 0.255 e. The molecule has 0 unspecified atom stereocenters. The van der Waals surface area contributed by atoms with E-state index in [1.807, 2.05) is 49.3 Å². The van der Waals surface area contributed by atoms with Gasteiger partial charge in [0, 0.05) is 61.3 Å². The van der Waals surface area contributed by atoms with Gasteiger partial charge in [-0.25, -0.2) is 9.67 Å². The normalized spacial score (nSPS) is 18.0. The monoisotopic (exact) mass is 485 g/mol. The average molecular weight is 486 g/mol. The molecule has 36 heavy (non-hydrogen) atoms. The molecular formula is C24H27N11O. The highest BCUT2D eigenvalue weighted by Crippen LogP contribution is 2.31. The molecule has 0 aliphatic carbocycles. The topological polar surface area (TPSA) is 133 Å². The van der Waals surface area contributed by atoms with Gasteiger partial charge in [0.25, 0.3) is 5.91 Å². The van der Waals surface area contributed by atoms with E-state index >= 15 is 0 Å². The lowest BCUT2D eigenvalue weighted by atomic mass is 10.1. The summed E-state index contributed by atoms with van der Waals surface area (Å²) in [5.41, 5.74) is 4.79. The molecule has 6 rings (SSSR count). The largest absolute Gasteiger partial charge is 0.354 e. The van der Waals surface area contributed by atoms with Crippen molar-refractivity contribution in [3.05, 3.63) is 47.8 Å². The third-order valence-electron chi connectivity index (χ3n) is 6.87. The first-order valence-electron chi connectivity index (χ1n) is 11.9. The second-order valence-electron chi connectivity index (χ2n) is 9.25. The van der Waals surface area contributed by atoms with Gasteiger partial charge in [0.05, 0.1) is 17.6 Å². The molecular weight excluding hydrogens is 458 g/mol. The summed E-state index contributed by atoms with van der Waals surface area (Å²) in [6.45, 7) is 7.14. The number of aromatic nitrogens is 7. The van der Waals surface area contributed by atoms with E-state index in [2.05, 4.69) is 59.2 Å². The maximum absolute atomic E-state index is 13.2. The van der Waals surface area contributed by atoms with E-state index in [1.54, 1.807) is 4.68 Å². The van der Waals surface area contributed by atoms with Crippen LogP contribution in [-0.4, -0.2) is 74.0 Å². The number of fused-ring (bicyclic) bond motifs is 2. The van der Waals surface area contributed by atoms with Crippen LogP contribution in [0.1, 0.15) is 13.8 Å². The van der Waals surface area contributed by atoms with Crippen molar-refractivity contribution in [2.45, 2.75) is 26.4 Å². The van der Waals surface area contributed by atoms with Crippen LogP contribution in [0.25, 0.3) is 22.2 Å². The number of piperazine rings is 1. The number of pyridine rings is 1. The van der Waals surface area contributed by atoms with Crippen molar-refractivity contribution in [1.82, 2.24) is 40.7 Å². The van der Waals surface area contributed by atoms with E-state index in [-0.39, 0.29) is 5.91 Å². The first-order chi connectivity index (χ1) is 17.5. The number of hydrogen-bond acceptors (Lipinski definition) is 9.